The summed E-state index contributed by atoms with van der Waals surface area (Å²) >= 11 is 0. The average molecular weight is 460 g/mol. The molecule has 0 radical (unpaired) electrons. The molecule has 1 aromatic carbocycles. The van der Waals surface area contributed by atoms with Crippen molar-refractivity contribution < 1.29 is 32.6 Å². The summed E-state index contributed by atoms with van der Waals surface area (Å²) in [7, 11) is 3.84. The smallest absolute Gasteiger partial charge is 0.389 e. The van der Waals surface area contributed by atoms with E-state index in [1.807, 2.05) is 25.9 Å². The van der Waals surface area contributed by atoms with Crippen LogP contribution in [0.3, 0.4) is 0 Å². The van der Waals surface area contributed by atoms with Crippen LogP contribution >= 0.6 is 0 Å². The normalized spacial score (nSPS) is 20.7. The summed E-state index contributed by atoms with van der Waals surface area (Å²) in [4.78, 5) is 28.6. The zero-order valence-corrected chi connectivity index (χ0v) is 18.9. The summed E-state index contributed by atoms with van der Waals surface area (Å²) in [6.07, 6.45) is -6.56. The van der Waals surface area contributed by atoms with Crippen molar-refractivity contribution in [1.29, 1.82) is 0 Å². The van der Waals surface area contributed by atoms with E-state index in [1.54, 1.807) is 30.0 Å². The summed E-state index contributed by atoms with van der Waals surface area (Å²) in [5, 5.41) is 12.1. The zero-order chi connectivity index (χ0) is 24.1. The maximum Gasteiger partial charge on any atom is 0.389 e. The molecule has 7 nitrogen and oxygen atoms in total. The molecule has 1 aliphatic heterocycles. The van der Waals surface area contributed by atoms with Gasteiger partial charge in [-0.25, -0.2) is 0 Å². The number of carbonyl (C=O) groups is 2. The van der Waals surface area contributed by atoms with Gasteiger partial charge in [0, 0.05) is 36.7 Å². The maximum absolute atomic E-state index is 13.0. The minimum absolute atomic E-state index is 0.0205. The zero-order valence-electron chi connectivity index (χ0n) is 18.9. The van der Waals surface area contributed by atoms with Crippen molar-refractivity contribution in [2.24, 2.45) is 5.92 Å². The number of hydrogen-bond donors (Lipinski definition) is 2. The molecule has 1 aromatic rings. The third-order valence-electron chi connectivity index (χ3n) is 5.38. The highest BCUT2D eigenvalue weighted by molar-refractivity contribution is 5.91. The van der Waals surface area contributed by atoms with Gasteiger partial charge in [0.25, 0.3) is 0 Å². The van der Waals surface area contributed by atoms with Crippen LogP contribution < -0.4 is 10.1 Å². The molecule has 0 aliphatic carbocycles. The van der Waals surface area contributed by atoms with Crippen molar-refractivity contribution in [2.45, 2.75) is 51.4 Å². The average Bonchev–Trinajstić information content (AvgIpc) is 2.73. The minimum atomic E-state index is -4.41. The van der Waals surface area contributed by atoms with E-state index >= 15 is 0 Å². The Morgan fingerprint density at radius 3 is 2.66 bits per heavy atom. The first-order valence-electron chi connectivity index (χ1n) is 10.6. The van der Waals surface area contributed by atoms with Crippen LogP contribution in [-0.4, -0.2) is 78.8 Å². The second kappa shape index (κ2) is 11.0. The maximum atomic E-state index is 13.0. The molecule has 180 valence electrons. The number of amides is 2. The highest BCUT2D eigenvalue weighted by Crippen LogP contribution is 2.29. The molecule has 0 spiro atoms. The number of fused-ring (bicyclic) bond motifs is 1. The van der Waals surface area contributed by atoms with Crippen LogP contribution in [0.25, 0.3) is 0 Å². The number of likely N-dealkylation sites (N-methyl/N-ethyl adjacent to an activating group) is 1. The van der Waals surface area contributed by atoms with E-state index in [9.17, 15) is 27.9 Å². The highest BCUT2D eigenvalue weighted by atomic mass is 19.4. The Morgan fingerprint density at radius 2 is 2.06 bits per heavy atom. The third-order valence-corrected chi connectivity index (χ3v) is 5.38. The van der Waals surface area contributed by atoms with Gasteiger partial charge in [-0.05, 0) is 39.2 Å². The minimum Gasteiger partial charge on any atom is -0.488 e. The second-order valence-electron chi connectivity index (χ2n) is 8.64. The molecule has 0 unspecified atom stereocenters. The fraction of sp³-hybridized carbons (Fsp3) is 0.636. The molecule has 2 N–H and O–H groups in total. The fourth-order valence-corrected chi connectivity index (χ4v) is 3.56. The van der Waals surface area contributed by atoms with E-state index in [0.29, 0.717) is 30.1 Å². The number of aliphatic hydroxyl groups excluding tert-OH is 1. The van der Waals surface area contributed by atoms with E-state index in [4.69, 9.17) is 4.74 Å². The highest BCUT2D eigenvalue weighted by Gasteiger charge is 2.31. The quantitative estimate of drug-likeness (QED) is 0.655. The van der Waals surface area contributed by atoms with Gasteiger partial charge < -0.3 is 25.0 Å². The standard InChI is InChI=1S/C22H32F3N3O4/c1-14-11-28(15(2)13-29)21(31)10-16-9-17(26-20(30)7-8-22(23,24)25)5-6-18(16)32-19(14)12-27(3)4/h5-6,9,14-15,19,29H,7-8,10-13H2,1-4H3,(H,26,30)/t14-,15-,19+/m1/s1. The molecule has 32 heavy (non-hydrogen) atoms. The lowest BCUT2D eigenvalue weighted by Gasteiger charge is -2.33. The first kappa shape index (κ1) is 25.9. The summed E-state index contributed by atoms with van der Waals surface area (Å²) < 4.78 is 43.4. The first-order valence-corrected chi connectivity index (χ1v) is 10.6. The topological polar surface area (TPSA) is 82.1 Å². The number of aliphatic hydroxyl groups is 1. The number of nitrogens with zero attached hydrogens (tertiary/aromatic N) is 2. The Kier molecular flexibility index (Phi) is 8.91. The van der Waals surface area contributed by atoms with Gasteiger partial charge in [0.2, 0.25) is 11.8 Å². The van der Waals surface area contributed by atoms with Crippen molar-refractivity contribution in [3.63, 3.8) is 0 Å². The predicted octanol–water partition coefficient (Wildman–Crippen LogP) is 2.68. The lowest BCUT2D eigenvalue weighted by atomic mass is 10.0. The Labute approximate surface area is 186 Å². The number of carbonyl (C=O) groups excluding carboxylic acids is 2. The molecule has 2 amide bonds. The van der Waals surface area contributed by atoms with Gasteiger partial charge in [-0.15, -0.1) is 0 Å². The molecule has 0 saturated heterocycles. The van der Waals surface area contributed by atoms with Crippen molar-refractivity contribution in [3.05, 3.63) is 23.8 Å². The number of benzene rings is 1. The second-order valence-corrected chi connectivity index (χ2v) is 8.64. The monoisotopic (exact) mass is 459 g/mol. The summed E-state index contributed by atoms with van der Waals surface area (Å²) in [6, 6.07) is 4.36. The van der Waals surface area contributed by atoms with Crippen LogP contribution in [0.1, 0.15) is 32.3 Å². The number of nitrogens with one attached hydrogen (secondary N) is 1. The lowest BCUT2D eigenvalue weighted by Crippen LogP contribution is -2.47. The van der Waals surface area contributed by atoms with Gasteiger partial charge in [0.15, 0.2) is 0 Å². The van der Waals surface area contributed by atoms with Crippen molar-refractivity contribution >= 4 is 17.5 Å². The van der Waals surface area contributed by atoms with Crippen LogP contribution in [-0.2, 0) is 16.0 Å². The number of hydrogen-bond acceptors (Lipinski definition) is 5. The molecule has 0 fully saturated rings. The van der Waals surface area contributed by atoms with Gasteiger partial charge in [-0.2, -0.15) is 13.2 Å². The molecule has 1 aliphatic rings. The summed E-state index contributed by atoms with van der Waals surface area (Å²) in [5.41, 5.74) is 0.821. The molecule has 10 heteroatoms. The van der Waals surface area contributed by atoms with E-state index in [2.05, 4.69) is 5.32 Å². The largest absolute Gasteiger partial charge is 0.488 e. The van der Waals surface area contributed by atoms with Gasteiger partial charge in [-0.1, -0.05) is 6.92 Å². The Hall–Kier alpha value is -2.33. The number of halogens is 3. The van der Waals surface area contributed by atoms with Crippen molar-refractivity contribution in [2.75, 3.05) is 39.1 Å². The number of anilines is 1. The first-order chi connectivity index (χ1) is 14.9. The van der Waals surface area contributed by atoms with Crippen molar-refractivity contribution in [1.82, 2.24) is 9.80 Å². The van der Waals surface area contributed by atoms with Gasteiger partial charge in [0.1, 0.15) is 11.9 Å². The number of rotatable bonds is 7. The van der Waals surface area contributed by atoms with E-state index in [1.165, 1.54) is 0 Å². The van der Waals surface area contributed by atoms with Crippen LogP contribution in [0.15, 0.2) is 18.2 Å². The SMILES string of the molecule is C[C@@H]1CN([C@H](C)CO)C(=O)Cc2cc(NC(=O)CCC(F)(F)F)ccc2O[C@H]1CN(C)C. The molecule has 0 aromatic heterocycles. The molecule has 0 saturated carbocycles. The molecular weight excluding hydrogens is 427 g/mol. The van der Waals surface area contributed by atoms with Crippen molar-refractivity contribution in [3.8, 4) is 5.75 Å². The van der Waals surface area contributed by atoms with E-state index in [0.717, 1.165) is 0 Å². The summed E-state index contributed by atoms with van der Waals surface area (Å²) in [5.74, 6) is -0.492. The molecule has 1 heterocycles. The number of ether oxygens (including phenoxy) is 1. The van der Waals surface area contributed by atoms with Gasteiger partial charge >= 0.3 is 6.18 Å². The molecule has 2 rings (SSSR count). The van der Waals surface area contributed by atoms with Gasteiger partial charge in [-0.3, -0.25) is 9.59 Å². The van der Waals surface area contributed by atoms with Crippen LogP contribution in [0.5, 0.6) is 5.75 Å². The Bertz CT molecular complexity index is 801. The Morgan fingerprint density at radius 1 is 1.38 bits per heavy atom. The van der Waals surface area contributed by atoms with E-state index < -0.39 is 24.9 Å². The molecule has 3 atom stereocenters. The predicted molar refractivity (Wildman–Crippen MR) is 114 cm³/mol. The lowest BCUT2D eigenvalue weighted by molar-refractivity contribution is -0.142. The van der Waals surface area contributed by atoms with E-state index in [-0.39, 0.29) is 37.0 Å². The Balaban J connectivity index is 2.31. The molecule has 0 bridgehead atoms. The molecular formula is C22H32F3N3O4. The summed E-state index contributed by atoms with van der Waals surface area (Å²) in [6.45, 7) is 4.58. The van der Waals surface area contributed by atoms with Crippen LogP contribution in [0.4, 0.5) is 18.9 Å². The third kappa shape index (κ3) is 7.67. The van der Waals surface area contributed by atoms with Crippen LogP contribution in [0.2, 0.25) is 0 Å². The number of alkyl halides is 3. The van der Waals surface area contributed by atoms with Gasteiger partial charge in [0.05, 0.1) is 25.5 Å². The van der Waals surface area contributed by atoms with Crippen LogP contribution in [0, 0.1) is 5.92 Å². The fourth-order valence-electron chi connectivity index (χ4n) is 3.56.